The first kappa shape index (κ1) is 13.6. The number of halogens is 1. The van der Waals surface area contributed by atoms with Crippen molar-refractivity contribution in [2.24, 2.45) is 0 Å². The van der Waals surface area contributed by atoms with E-state index in [-0.39, 0.29) is 5.91 Å². The molecular weight excluding hydrogens is 294 g/mol. The van der Waals surface area contributed by atoms with E-state index in [1.54, 1.807) is 0 Å². The van der Waals surface area contributed by atoms with Gasteiger partial charge in [-0.1, -0.05) is 23.7 Å². The zero-order chi connectivity index (χ0) is 13.9. The van der Waals surface area contributed by atoms with Crippen LogP contribution in [0.25, 0.3) is 11.1 Å². The first-order valence-corrected chi connectivity index (χ1v) is 7.71. The molecule has 3 rings (SSSR count). The van der Waals surface area contributed by atoms with Crippen LogP contribution in [0.3, 0.4) is 0 Å². The fraction of sp³-hybridized carbons (Fsp3) is 0.267. The van der Waals surface area contributed by atoms with Crippen molar-refractivity contribution >= 4 is 28.8 Å². The molecule has 0 unspecified atom stereocenters. The molecule has 1 saturated heterocycles. The van der Waals surface area contributed by atoms with Gasteiger partial charge in [-0.15, -0.1) is 11.3 Å². The summed E-state index contributed by atoms with van der Waals surface area (Å²) >= 11 is 7.37. The molecule has 2 heterocycles. The second-order valence-electron chi connectivity index (χ2n) is 4.61. The van der Waals surface area contributed by atoms with Crippen molar-refractivity contribution in [3.63, 3.8) is 0 Å². The van der Waals surface area contributed by atoms with Gasteiger partial charge in [-0.25, -0.2) is 0 Å². The Labute approximate surface area is 126 Å². The number of amides is 1. The maximum Gasteiger partial charge on any atom is 0.264 e. The second kappa shape index (κ2) is 5.95. The quantitative estimate of drug-likeness (QED) is 0.849. The Morgan fingerprint density at radius 1 is 1.15 bits per heavy atom. The standard InChI is InChI=1S/C15H14ClNO2S/c16-13-3-1-11(2-4-13)12-9-14(20-10-12)15(18)17-5-7-19-8-6-17/h1-4,9-10H,5-8H2. The predicted molar refractivity (Wildman–Crippen MR) is 81.5 cm³/mol. The highest BCUT2D eigenvalue weighted by atomic mass is 35.5. The average Bonchev–Trinajstić information content (AvgIpc) is 2.98. The highest BCUT2D eigenvalue weighted by Crippen LogP contribution is 2.27. The SMILES string of the molecule is O=C(c1cc(-c2ccc(Cl)cc2)cs1)N1CCOCC1. The molecule has 0 N–H and O–H groups in total. The van der Waals surface area contributed by atoms with E-state index in [2.05, 4.69) is 0 Å². The summed E-state index contributed by atoms with van der Waals surface area (Å²) in [6, 6.07) is 9.60. The van der Waals surface area contributed by atoms with Gasteiger partial charge in [0, 0.05) is 18.1 Å². The molecule has 0 spiro atoms. The van der Waals surface area contributed by atoms with E-state index >= 15 is 0 Å². The lowest BCUT2D eigenvalue weighted by Crippen LogP contribution is -2.40. The Balaban J connectivity index is 1.79. The number of carbonyl (C=O) groups is 1. The minimum atomic E-state index is 0.0958. The number of ether oxygens (including phenoxy) is 1. The van der Waals surface area contributed by atoms with Gasteiger partial charge in [0.2, 0.25) is 0 Å². The Morgan fingerprint density at radius 2 is 1.85 bits per heavy atom. The number of rotatable bonds is 2. The van der Waals surface area contributed by atoms with Crippen molar-refractivity contribution in [1.29, 1.82) is 0 Å². The zero-order valence-corrected chi connectivity index (χ0v) is 12.4. The van der Waals surface area contributed by atoms with Crippen molar-refractivity contribution in [3.8, 4) is 11.1 Å². The van der Waals surface area contributed by atoms with Crippen LogP contribution in [0.1, 0.15) is 9.67 Å². The van der Waals surface area contributed by atoms with Gasteiger partial charge in [-0.2, -0.15) is 0 Å². The van der Waals surface area contributed by atoms with Crippen LogP contribution >= 0.6 is 22.9 Å². The summed E-state index contributed by atoms with van der Waals surface area (Å²) in [6.07, 6.45) is 0. The monoisotopic (exact) mass is 307 g/mol. The third kappa shape index (κ3) is 2.87. The second-order valence-corrected chi connectivity index (χ2v) is 5.96. The molecule has 20 heavy (non-hydrogen) atoms. The summed E-state index contributed by atoms with van der Waals surface area (Å²) in [7, 11) is 0. The Hall–Kier alpha value is -1.36. The molecular formula is C15H14ClNO2S. The van der Waals surface area contributed by atoms with Gasteiger partial charge >= 0.3 is 0 Å². The molecule has 1 amide bonds. The summed E-state index contributed by atoms with van der Waals surface area (Å²) in [5, 5.41) is 2.73. The van der Waals surface area contributed by atoms with E-state index in [9.17, 15) is 4.79 Å². The summed E-state index contributed by atoms with van der Waals surface area (Å²) in [5.41, 5.74) is 2.13. The summed E-state index contributed by atoms with van der Waals surface area (Å²) in [6.45, 7) is 2.60. The lowest BCUT2D eigenvalue weighted by Gasteiger charge is -2.26. The summed E-state index contributed by atoms with van der Waals surface area (Å²) in [5.74, 6) is 0.0958. The lowest BCUT2D eigenvalue weighted by atomic mass is 10.1. The number of thiophene rings is 1. The Kier molecular flexibility index (Phi) is 4.05. The fourth-order valence-corrected chi connectivity index (χ4v) is 3.17. The molecule has 0 saturated carbocycles. The van der Waals surface area contributed by atoms with Crippen molar-refractivity contribution in [2.75, 3.05) is 26.3 Å². The van der Waals surface area contributed by atoms with Gasteiger partial charge in [0.25, 0.3) is 5.91 Å². The summed E-state index contributed by atoms with van der Waals surface area (Å²) in [4.78, 5) is 15.0. The molecule has 0 bridgehead atoms. The van der Waals surface area contributed by atoms with E-state index < -0.39 is 0 Å². The van der Waals surface area contributed by atoms with Gasteiger partial charge < -0.3 is 9.64 Å². The Morgan fingerprint density at radius 3 is 2.55 bits per heavy atom. The minimum absolute atomic E-state index is 0.0958. The van der Waals surface area contributed by atoms with E-state index in [0.29, 0.717) is 31.3 Å². The normalized spacial score (nSPS) is 15.3. The number of morpholine rings is 1. The van der Waals surface area contributed by atoms with Gasteiger partial charge in [-0.3, -0.25) is 4.79 Å². The van der Waals surface area contributed by atoms with Crippen LogP contribution < -0.4 is 0 Å². The van der Waals surface area contributed by atoms with Crippen LogP contribution in [-0.2, 0) is 4.74 Å². The van der Waals surface area contributed by atoms with Crippen LogP contribution in [0.4, 0.5) is 0 Å². The zero-order valence-electron chi connectivity index (χ0n) is 10.8. The van der Waals surface area contributed by atoms with Crippen LogP contribution in [0, 0.1) is 0 Å². The van der Waals surface area contributed by atoms with Crippen molar-refractivity contribution in [1.82, 2.24) is 4.90 Å². The Bertz CT molecular complexity index is 603. The highest BCUT2D eigenvalue weighted by Gasteiger charge is 2.20. The predicted octanol–water partition coefficient (Wildman–Crippen LogP) is 3.54. The minimum Gasteiger partial charge on any atom is -0.378 e. The van der Waals surface area contributed by atoms with Crippen LogP contribution in [0.5, 0.6) is 0 Å². The van der Waals surface area contributed by atoms with Gasteiger partial charge in [-0.05, 0) is 34.7 Å². The molecule has 1 fully saturated rings. The average molecular weight is 308 g/mol. The number of nitrogens with zero attached hydrogens (tertiary/aromatic N) is 1. The molecule has 1 aromatic carbocycles. The molecule has 1 aliphatic heterocycles. The maximum absolute atomic E-state index is 12.4. The van der Waals surface area contributed by atoms with Crippen molar-refractivity contribution in [2.45, 2.75) is 0 Å². The van der Waals surface area contributed by atoms with E-state index in [4.69, 9.17) is 16.3 Å². The molecule has 0 radical (unpaired) electrons. The summed E-state index contributed by atoms with van der Waals surface area (Å²) < 4.78 is 5.27. The largest absolute Gasteiger partial charge is 0.378 e. The van der Waals surface area contributed by atoms with E-state index in [0.717, 1.165) is 16.0 Å². The first-order valence-electron chi connectivity index (χ1n) is 6.45. The molecule has 5 heteroatoms. The molecule has 1 aromatic heterocycles. The maximum atomic E-state index is 12.4. The third-order valence-electron chi connectivity index (χ3n) is 3.29. The van der Waals surface area contributed by atoms with Gasteiger partial charge in [0.15, 0.2) is 0 Å². The van der Waals surface area contributed by atoms with Gasteiger partial charge in [0.05, 0.1) is 18.1 Å². The highest BCUT2D eigenvalue weighted by molar-refractivity contribution is 7.12. The molecule has 0 atom stereocenters. The number of carbonyl (C=O) groups excluding carboxylic acids is 1. The lowest BCUT2D eigenvalue weighted by molar-refractivity contribution is 0.0306. The third-order valence-corrected chi connectivity index (χ3v) is 4.46. The number of hydrogen-bond donors (Lipinski definition) is 0. The number of benzene rings is 1. The van der Waals surface area contributed by atoms with Gasteiger partial charge in [0.1, 0.15) is 0 Å². The molecule has 2 aromatic rings. The van der Waals surface area contributed by atoms with Crippen LogP contribution in [-0.4, -0.2) is 37.1 Å². The molecule has 3 nitrogen and oxygen atoms in total. The van der Waals surface area contributed by atoms with E-state index in [1.807, 2.05) is 40.6 Å². The smallest absolute Gasteiger partial charge is 0.264 e. The van der Waals surface area contributed by atoms with E-state index in [1.165, 1.54) is 11.3 Å². The molecule has 104 valence electrons. The van der Waals surface area contributed by atoms with Crippen LogP contribution in [0.2, 0.25) is 5.02 Å². The topological polar surface area (TPSA) is 29.5 Å². The molecule has 1 aliphatic rings. The van der Waals surface area contributed by atoms with Crippen LogP contribution in [0.15, 0.2) is 35.7 Å². The number of hydrogen-bond acceptors (Lipinski definition) is 3. The van der Waals surface area contributed by atoms with Crippen molar-refractivity contribution in [3.05, 3.63) is 45.6 Å². The first-order chi connectivity index (χ1) is 9.74. The molecule has 0 aliphatic carbocycles. The van der Waals surface area contributed by atoms with Crippen molar-refractivity contribution < 1.29 is 9.53 Å². The fourth-order valence-electron chi connectivity index (χ4n) is 2.16.